The van der Waals surface area contributed by atoms with Gasteiger partial charge in [0.25, 0.3) is 11.6 Å². The van der Waals surface area contributed by atoms with Crippen LogP contribution in [0.3, 0.4) is 0 Å². The quantitative estimate of drug-likeness (QED) is 0.0835. The fourth-order valence-electron chi connectivity index (χ4n) is 8.72. The minimum absolute atomic E-state index is 0.0471. The number of thioether (sulfide) groups is 1. The van der Waals surface area contributed by atoms with E-state index in [2.05, 4.69) is 10.3 Å². The van der Waals surface area contributed by atoms with E-state index < -0.39 is 28.6 Å². The maximum Gasteiger partial charge on any atom is 0.338 e. The lowest BCUT2D eigenvalue weighted by Gasteiger charge is -2.43. The molecule has 0 spiro atoms. The maximum atomic E-state index is 14.1. The lowest BCUT2D eigenvalue weighted by atomic mass is 9.68. The van der Waals surface area contributed by atoms with Crippen molar-refractivity contribution in [3.8, 4) is 11.5 Å². The number of hydrogen-bond acceptors (Lipinski definition) is 12. The second kappa shape index (κ2) is 14.1. The van der Waals surface area contributed by atoms with E-state index in [4.69, 9.17) is 14.2 Å². The van der Waals surface area contributed by atoms with E-state index in [9.17, 15) is 34.1 Å². The maximum absolute atomic E-state index is 14.1. The monoisotopic (exact) mass is 770 g/mol. The number of carbonyl (C=O) groups excluding carboxylic acids is 4. The molecule has 54 heavy (non-hydrogen) atoms. The van der Waals surface area contributed by atoms with Crippen LogP contribution in [-0.4, -0.2) is 58.7 Å². The van der Waals surface area contributed by atoms with Crippen molar-refractivity contribution in [1.82, 2.24) is 4.98 Å². The number of H-pyrrole nitrogens is 1. The van der Waals surface area contributed by atoms with E-state index >= 15 is 0 Å². The first-order chi connectivity index (χ1) is 26.1. The van der Waals surface area contributed by atoms with Gasteiger partial charge in [-0.25, -0.2) is 4.79 Å². The highest BCUT2D eigenvalue weighted by Crippen LogP contribution is 2.69. The Hall–Kier alpha value is -5.48. The third-order valence-electron chi connectivity index (χ3n) is 10.7. The largest absolute Gasteiger partial charge is 0.490 e. The van der Waals surface area contributed by atoms with Crippen LogP contribution in [0.4, 0.5) is 17.1 Å². The third-order valence-corrected chi connectivity index (χ3v) is 13.3. The number of nitrogens with zero attached hydrogens (tertiary/aromatic N) is 2. The van der Waals surface area contributed by atoms with Gasteiger partial charge in [0.2, 0.25) is 11.8 Å². The van der Waals surface area contributed by atoms with E-state index in [-0.39, 0.29) is 64.5 Å². The molecule has 1 aromatic heterocycles. The van der Waals surface area contributed by atoms with E-state index in [1.165, 1.54) is 29.2 Å². The number of benzene rings is 3. The molecule has 2 bridgehead atoms. The zero-order valence-electron chi connectivity index (χ0n) is 29.0. The van der Waals surface area contributed by atoms with Gasteiger partial charge < -0.3 is 24.5 Å². The normalized spacial score (nSPS) is 24.8. The van der Waals surface area contributed by atoms with Crippen molar-refractivity contribution in [3.05, 3.63) is 103 Å². The zero-order valence-corrected chi connectivity index (χ0v) is 30.6. The summed E-state index contributed by atoms with van der Waals surface area (Å²) in [6, 6.07) is 17.3. The fourth-order valence-corrected chi connectivity index (χ4v) is 11.6. The van der Waals surface area contributed by atoms with Crippen LogP contribution >= 0.6 is 23.1 Å². The number of non-ortho nitro benzene ring substituents is 1. The summed E-state index contributed by atoms with van der Waals surface area (Å²) in [6.07, 6.45) is 0.694. The summed E-state index contributed by atoms with van der Waals surface area (Å²) in [5.74, 6) is -2.37. The summed E-state index contributed by atoms with van der Waals surface area (Å²) in [5.41, 5.74) is 1.89. The number of fused-ring (bicyclic) bond motifs is 9. The van der Waals surface area contributed by atoms with Crippen LogP contribution < -0.4 is 24.6 Å². The molecule has 8 rings (SSSR count). The minimum atomic E-state index is -0.548. The highest BCUT2D eigenvalue weighted by atomic mass is 32.2. The molecule has 2 saturated carbocycles. The molecule has 7 atom stereocenters. The van der Waals surface area contributed by atoms with E-state index in [1.807, 2.05) is 19.1 Å². The van der Waals surface area contributed by atoms with E-state index in [0.717, 1.165) is 26.8 Å². The Morgan fingerprint density at radius 1 is 0.926 bits per heavy atom. The molecule has 0 radical (unpaired) electrons. The van der Waals surface area contributed by atoms with Crippen molar-refractivity contribution in [2.75, 3.05) is 30.0 Å². The van der Waals surface area contributed by atoms with Gasteiger partial charge in [0.05, 0.1) is 46.2 Å². The molecular weight excluding hydrogens is 737 g/mol. The molecule has 4 aliphatic rings. The number of anilines is 2. The van der Waals surface area contributed by atoms with Crippen molar-refractivity contribution in [3.63, 3.8) is 0 Å². The smallest absolute Gasteiger partial charge is 0.338 e. The number of hydrogen-bond donors (Lipinski definition) is 2. The molecule has 4 aromatic rings. The number of nitro benzene ring substituents is 1. The van der Waals surface area contributed by atoms with Crippen LogP contribution in [0, 0.1) is 39.7 Å². The predicted molar refractivity (Wildman–Crippen MR) is 198 cm³/mol. The molecule has 3 aromatic carbocycles. The molecule has 3 fully saturated rings. The number of nitro groups is 1. The van der Waals surface area contributed by atoms with Crippen LogP contribution in [-0.2, 0) is 19.1 Å². The first kappa shape index (κ1) is 35.5. The highest BCUT2D eigenvalue weighted by Gasteiger charge is 2.69. The summed E-state index contributed by atoms with van der Waals surface area (Å²) in [4.78, 5) is 81.2. The molecule has 2 aliphatic heterocycles. The second-order valence-electron chi connectivity index (χ2n) is 13.5. The highest BCUT2D eigenvalue weighted by molar-refractivity contribution is 8.00. The predicted octanol–water partition coefficient (Wildman–Crippen LogP) is 5.62. The van der Waals surface area contributed by atoms with Crippen molar-refractivity contribution in [2.45, 2.75) is 36.5 Å². The van der Waals surface area contributed by atoms with Crippen LogP contribution in [0.2, 0.25) is 0 Å². The Balaban J connectivity index is 1.04. The number of carbonyl (C=O) groups is 4. The lowest BCUT2D eigenvalue weighted by molar-refractivity contribution is -0.384. The molecule has 3 heterocycles. The van der Waals surface area contributed by atoms with E-state index in [1.54, 1.807) is 49.0 Å². The number of rotatable bonds is 11. The van der Waals surface area contributed by atoms with Gasteiger partial charge in [0, 0.05) is 33.9 Å². The molecule has 16 heteroatoms. The van der Waals surface area contributed by atoms with Gasteiger partial charge in [0.1, 0.15) is 0 Å². The van der Waals surface area contributed by atoms with Gasteiger partial charge in [0.15, 0.2) is 18.1 Å². The number of esters is 1. The van der Waals surface area contributed by atoms with Gasteiger partial charge in [-0.1, -0.05) is 17.4 Å². The van der Waals surface area contributed by atoms with Crippen LogP contribution in [0.1, 0.15) is 47.0 Å². The van der Waals surface area contributed by atoms with Crippen molar-refractivity contribution in [2.24, 2.45) is 29.6 Å². The Bertz CT molecular complexity index is 2240. The number of aromatic amines is 1. The molecule has 1 saturated heterocycles. The number of amides is 3. The molecule has 2 N–H and O–H groups in total. The molecule has 0 unspecified atom stereocenters. The van der Waals surface area contributed by atoms with Crippen LogP contribution in [0.25, 0.3) is 0 Å². The number of aromatic nitrogens is 1. The zero-order chi connectivity index (χ0) is 37.8. The Labute approximate surface area is 316 Å². The number of thiazole rings is 1. The third kappa shape index (κ3) is 6.02. The topological polar surface area (TPSA) is 187 Å². The number of imide groups is 1. The number of ether oxygens (including phenoxy) is 3. The van der Waals surface area contributed by atoms with Crippen LogP contribution in [0.5, 0.6) is 11.5 Å². The summed E-state index contributed by atoms with van der Waals surface area (Å²) in [5, 5.41) is 14.7. The average Bonchev–Trinajstić information content (AvgIpc) is 3.90. The molecule has 3 amide bonds. The Kier molecular flexibility index (Phi) is 9.26. The summed E-state index contributed by atoms with van der Waals surface area (Å²) in [6.45, 7) is 3.81. The van der Waals surface area contributed by atoms with Crippen LogP contribution in [0.15, 0.2) is 76.6 Å². The van der Waals surface area contributed by atoms with Gasteiger partial charge in [-0.15, -0.1) is 11.8 Å². The minimum Gasteiger partial charge on any atom is -0.490 e. The van der Waals surface area contributed by atoms with Crippen molar-refractivity contribution < 1.29 is 38.3 Å². The van der Waals surface area contributed by atoms with Gasteiger partial charge >= 0.3 is 10.8 Å². The lowest BCUT2D eigenvalue weighted by Crippen LogP contribution is -2.42. The first-order valence-corrected chi connectivity index (χ1v) is 19.3. The average molecular weight is 771 g/mol. The molecular formula is C38H34N4O10S2. The molecule has 2 aliphatic carbocycles. The van der Waals surface area contributed by atoms with Crippen molar-refractivity contribution in [1.29, 1.82) is 0 Å². The Morgan fingerprint density at radius 3 is 2.33 bits per heavy atom. The Morgan fingerprint density at radius 2 is 1.65 bits per heavy atom. The SMILES string of the molecule is CCOC(=O)c1ccc(NC(=O)COc2ccc([C@@H]3c4sc(=O)[nH]c4S[C@@H]4[C@@H]5C[C@@H]([C@@H]6C(=O)N(c7ccc([N+](=O)[O-])cc7)C(=O)[C@@H]56)[C@H]34)cc2OCC)cc1. The molecule has 14 nitrogen and oxygen atoms in total. The van der Waals surface area contributed by atoms with Gasteiger partial charge in [-0.05, 0) is 92.1 Å². The summed E-state index contributed by atoms with van der Waals surface area (Å²) < 4.78 is 16.9. The van der Waals surface area contributed by atoms with E-state index in [0.29, 0.717) is 41.5 Å². The number of nitrogens with one attached hydrogen (secondary N) is 2. The fraction of sp³-hybridized carbons (Fsp3) is 0.342. The standard InChI is InChI=1S/C38H34N4O10S2/c1-3-50-26-15-19(7-14-25(26)52-17-27(43)39-20-8-5-18(6-9-20)37(46)51-4-2)28-29-23-16-24(32(29)53-34-33(28)54-38(47)40-34)31-30(23)35(44)41(36(31)45)21-10-12-22(13-11-21)42(48)49/h5-15,23-24,28-32H,3-4,16-17H2,1-2H3,(H,39,43)(H,40,47)/t23-,24-,28+,29-,30+,31+,32-/m1/s1. The van der Waals surface area contributed by atoms with Gasteiger partial charge in [-0.2, -0.15) is 0 Å². The second-order valence-corrected chi connectivity index (χ2v) is 15.7. The van der Waals surface area contributed by atoms with Crippen molar-refractivity contribution >= 4 is 63.9 Å². The van der Waals surface area contributed by atoms with Gasteiger partial charge in [-0.3, -0.25) is 34.2 Å². The molecule has 278 valence electrons. The summed E-state index contributed by atoms with van der Waals surface area (Å²) in [7, 11) is 0. The first-order valence-electron chi connectivity index (χ1n) is 17.6. The summed E-state index contributed by atoms with van der Waals surface area (Å²) >= 11 is 2.71.